The van der Waals surface area contributed by atoms with Gasteiger partial charge in [-0.1, -0.05) is 23.7 Å². The average Bonchev–Trinajstić information content (AvgIpc) is 2.51. The van der Waals surface area contributed by atoms with Crippen molar-refractivity contribution in [3.05, 3.63) is 34.9 Å². The van der Waals surface area contributed by atoms with E-state index in [1.807, 2.05) is 39.0 Å². The Kier molecular flexibility index (Phi) is 6.72. The number of carbonyl (C=O) groups is 1. The normalized spacial score (nSPS) is 17.6. The molecule has 140 valence electrons. The number of hydrogen-bond acceptors (Lipinski definition) is 4. The van der Waals surface area contributed by atoms with E-state index in [0.29, 0.717) is 13.1 Å². The first-order valence-corrected chi connectivity index (χ1v) is 9.15. The number of amides is 1. The largest absolute Gasteiger partial charge is 0.444 e. The Labute approximate surface area is 156 Å². The average molecular weight is 368 g/mol. The summed E-state index contributed by atoms with van der Waals surface area (Å²) in [5.74, 6) is 0. The molecule has 1 heterocycles. The summed E-state index contributed by atoms with van der Waals surface area (Å²) in [4.78, 5) is 18.6. The van der Waals surface area contributed by atoms with Gasteiger partial charge >= 0.3 is 6.09 Å². The summed E-state index contributed by atoms with van der Waals surface area (Å²) in [5, 5.41) is 0.758. The van der Waals surface area contributed by atoms with Gasteiger partial charge in [0.15, 0.2) is 0 Å². The number of ether oxygens (including phenoxy) is 1. The maximum Gasteiger partial charge on any atom is 0.410 e. The standard InChI is InChI=1S/C19H30ClN3O2/c1-19(2,3)25-18(24)23-11-9-22(10-12-23)17(14-21(4)5)15-7-6-8-16(20)13-15/h6-8,13,17H,9-12,14H2,1-5H3. The third kappa shape index (κ3) is 6.17. The Morgan fingerprint density at radius 1 is 1.24 bits per heavy atom. The third-order valence-electron chi connectivity index (χ3n) is 4.18. The highest BCUT2D eigenvalue weighted by atomic mass is 35.5. The van der Waals surface area contributed by atoms with Crippen molar-refractivity contribution < 1.29 is 9.53 Å². The number of benzene rings is 1. The molecule has 0 bridgehead atoms. The fraction of sp³-hybridized carbons (Fsp3) is 0.632. The third-order valence-corrected chi connectivity index (χ3v) is 4.41. The number of hydrogen-bond donors (Lipinski definition) is 0. The van der Waals surface area contributed by atoms with Gasteiger partial charge in [-0.2, -0.15) is 0 Å². The summed E-state index contributed by atoms with van der Waals surface area (Å²) in [7, 11) is 4.16. The minimum atomic E-state index is -0.456. The van der Waals surface area contributed by atoms with E-state index in [4.69, 9.17) is 16.3 Å². The zero-order valence-corrected chi connectivity index (χ0v) is 16.7. The molecule has 1 saturated heterocycles. The monoisotopic (exact) mass is 367 g/mol. The van der Waals surface area contributed by atoms with Crippen LogP contribution in [0, 0.1) is 0 Å². The van der Waals surface area contributed by atoms with Crippen molar-refractivity contribution in [3.63, 3.8) is 0 Å². The van der Waals surface area contributed by atoms with Crippen LogP contribution in [0.5, 0.6) is 0 Å². The molecule has 5 nitrogen and oxygen atoms in total. The van der Waals surface area contributed by atoms with E-state index in [1.165, 1.54) is 5.56 Å². The van der Waals surface area contributed by atoms with Crippen molar-refractivity contribution in [2.24, 2.45) is 0 Å². The predicted octanol–water partition coefficient (Wildman–Crippen LogP) is 3.50. The Morgan fingerprint density at radius 3 is 2.40 bits per heavy atom. The first kappa shape index (κ1) is 20.0. The van der Waals surface area contributed by atoms with Crippen LogP contribution in [0.4, 0.5) is 4.79 Å². The molecule has 0 saturated carbocycles. The summed E-state index contributed by atoms with van der Waals surface area (Å²) in [6.07, 6.45) is -0.223. The van der Waals surface area contributed by atoms with Crippen LogP contribution in [-0.2, 0) is 4.74 Å². The molecule has 0 aliphatic carbocycles. The smallest absolute Gasteiger partial charge is 0.410 e. The number of likely N-dealkylation sites (N-methyl/N-ethyl adjacent to an activating group) is 1. The minimum Gasteiger partial charge on any atom is -0.444 e. The predicted molar refractivity (Wildman–Crippen MR) is 102 cm³/mol. The molecule has 0 spiro atoms. The van der Waals surface area contributed by atoms with E-state index in [2.05, 4.69) is 30.0 Å². The van der Waals surface area contributed by atoms with Crippen LogP contribution >= 0.6 is 11.6 Å². The molecule has 1 aliphatic heterocycles. The molecule has 1 atom stereocenters. The topological polar surface area (TPSA) is 36.0 Å². The van der Waals surface area contributed by atoms with Crippen LogP contribution in [0.3, 0.4) is 0 Å². The van der Waals surface area contributed by atoms with Gasteiger partial charge in [0.1, 0.15) is 5.60 Å². The molecule has 1 aromatic rings. The molecule has 1 unspecified atom stereocenters. The van der Waals surface area contributed by atoms with Gasteiger partial charge in [-0.05, 0) is 52.6 Å². The summed E-state index contributed by atoms with van der Waals surface area (Å²) >= 11 is 6.19. The maximum atomic E-state index is 12.2. The van der Waals surface area contributed by atoms with Gasteiger partial charge in [0.05, 0.1) is 0 Å². The lowest BCUT2D eigenvalue weighted by Crippen LogP contribution is -2.52. The summed E-state index contributed by atoms with van der Waals surface area (Å²) in [5.41, 5.74) is 0.759. The quantitative estimate of drug-likeness (QED) is 0.816. The molecule has 0 radical (unpaired) electrons. The molecule has 1 aliphatic rings. The minimum absolute atomic E-state index is 0.223. The molecule has 6 heteroatoms. The molecule has 1 fully saturated rings. The van der Waals surface area contributed by atoms with Gasteiger partial charge in [0, 0.05) is 43.8 Å². The lowest BCUT2D eigenvalue weighted by Gasteiger charge is -2.40. The summed E-state index contributed by atoms with van der Waals surface area (Å²) in [6.45, 7) is 9.61. The van der Waals surface area contributed by atoms with Crippen LogP contribution < -0.4 is 0 Å². The highest BCUT2D eigenvalue weighted by Gasteiger charge is 2.29. The maximum absolute atomic E-state index is 12.2. The van der Waals surface area contributed by atoms with Crippen LogP contribution in [0.2, 0.25) is 5.02 Å². The number of halogens is 1. The molecule has 0 aromatic heterocycles. The van der Waals surface area contributed by atoms with Gasteiger partial charge in [-0.15, -0.1) is 0 Å². The molecule has 0 N–H and O–H groups in total. The Hall–Kier alpha value is -1.30. The zero-order valence-electron chi connectivity index (χ0n) is 16.0. The van der Waals surface area contributed by atoms with E-state index in [-0.39, 0.29) is 12.1 Å². The molecular weight excluding hydrogens is 338 g/mol. The van der Waals surface area contributed by atoms with Crippen molar-refractivity contribution in [1.82, 2.24) is 14.7 Å². The van der Waals surface area contributed by atoms with Gasteiger partial charge in [0.25, 0.3) is 0 Å². The Balaban J connectivity index is 2.03. The van der Waals surface area contributed by atoms with E-state index < -0.39 is 5.60 Å². The SMILES string of the molecule is CN(C)CC(c1cccc(Cl)c1)N1CCN(C(=O)OC(C)(C)C)CC1. The van der Waals surface area contributed by atoms with E-state index in [9.17, 15) is 4.79 Å². The van der Waals surface area contributed by atoms with E-state index >= 15 is 0 Å². The van der Waals surface area contributed by atoms with Gasteiger partial charge in [-0.3, -0.25) is 4.90 Å². The second kappa shape index (κ2) is 8.39. The van der Waals surface area contributed by atoms with Crippen molar-refractivity contribution in [2.75, 3.05) is 46.8 Å². The van der Waals surface area contributed by atoms with Crippen molar-refractivity contribution in [2.45, 2.75) is 32.4 Å². The Bertz CT molecular complexity index is 578. The van der Waals surface area contributed by atoms with Crippen LogP contribution in [0.15, 0.2) is 24.3 Å². The van der Waals surface area contributed by atoms with Crippen molar-refractivity contribution in [1.29, 1.82) is 0 Å². The number of rotatable bonds is 4. The summed E-state index contributed by atoms with van der Waals surface area (Å²) in [6, 6.07) is 8.32. The first-order chi connectivity index (χ1) is 11.7. The van der Waals surface area contributed by atoms with Crippen LogP contribution in [0.1, 0.15) is 32.4 Å². The highest BCUT2D eigenvalue weighted by molar-refractivity contribution is 6.30. The lowest BCUT2D eigenvalue weighted by atomic mass is 10.0. The highest BCUT2D eigenvalue weighted by Crippen LogP contribution is 2.25. The number of nitrogens with zero attached hydrogens (tertiary/aromatic N) is 3. The number of carbonyl (C=O) groups excluding carboxylic acids is 1. The first-order valence-electron chi connectivity index (χ1n) is 8.78. The van der Waals surface area contributed by atoms with Crippen LogP contribution in [-0.4, -0.2) is 73.2 Å². The second-order valence-electron chi connectivity index (χ2n) is 7.84. The van der Waals surface area contributed by atoms with Gasteiger partial charge in [0.2, 0.25) is 0 Å². The second-order valence-corrected chi connectivity index (χ2v) is 8.27. The fourth-order valence-corrected chi connectivity index (χ4v) is 3.23. The summed E-state index contributed by atoms with van der Waals surface area (Å²) < 4.78 is 5.48. The fourth-order valence-electron chi connectivity index (χ4n) is 3.03. The molecule has 25 heavy (non-hydrogen) atoms. The van der Waals surface area contributed by atoms with E-state index in [1.54, 1.807) is 4.90 Å². The zero-order chi connectivity index (χ0) is 18.6. The molecule has 1 aromatic carbocycles. The van der Waals surface area contributed by atoms with Gasteiger partial charge in [-0.25, -0.2) is 4.79 Å². The molecular formula is C19H30ClN3O2. The molecule has 2 rings (SSSR count). The van der Waals surface area contributed by atoms with Crippen molar-refractivity contribution >= 4 is 17.7 Å². The molecule has 1 amide bonds. The Morgan fingerprint density at radius 2 is 1.88 bits per heavy atom. The van der Waals surface area contributed by atoms with Crippen molar-refractivity contribution in [3.8, 4) is 0 Å². The van der Waals surface area contributed by atoms with Gasteiger partial charge < -0.3 is 14.5 Å². The van der Waals surface area contributed by atoms with Crippen LogP contribution in [0.25, 0.3) is 0 Å². The van der Waals surface area contributed by atoms with E-state index in [0.717, 1.165) is 24.7 Å². The number of piperazine rings is 1. The lowest BCUT2D eigenvalue weighted by molar-refractivity contribution is 0.00885.